The lowest BCUT2D eigenvalue weighted by molar-refractivity contribution is -0.108. The highest BCUT2D eigenvalue weighted by Crippen LogP contribution is 2.07. The standard InChI is InChI=1S/C8H12O/c1-3-5-8(4-2)6-7-9/h3-4,7-8H,1-2,5-6H2. The third-order valence-electron chi connectivity index (χ3n) is 1.20. The third kappa shape index (κ3) is 3.71. The van der Waals surface area contributed by atoms with Crippen molar-refractivity contribution in [2.45, 2.75) is 12.8 Å². The fraction of sp³-hybridized carbons (Fsp3) is 0.375. The minimum absolute atomic E-state index is 0.292. The average molecular weight is 124 g/mol. The van der Waals surface area contributed by atoms with Crippen LogP contribution in [0, 0.1) is 5.92 Å². The molecule has 0 aliphatic heterocycles. The number of hydrogen-bond donors (Lipinski definition) is 0. The van der Waals surface area contributed by atoms with Gasteiger partial charge in [0.05, 0.1) is 0 Å². The van der Waals surface area contributed by atoms with E-state index in [1.807, 2.05) is 0 Å². The highest BCUT2D eigenvalue weighted by atomic mass is 16.1. The van der Waals surface area contributed by atoms with Crippen LogP contribution in [0.15, 0.2) is 25.3 Å². The molecule has 0 aromatic rings. The number of carbonyl (C=O) groups excluding carboxylic acids is 1. The van der Waals surface area contributed by atoms with Gasteiger partial charge in [0.15, 0.2) is 0 Å². The van der Waals surface area contributed by atoms with Gasteiger partial charge >= 0.3 is 0 Å². The van der Waals surface area contributed by atoms with Crippen LogP contribution in [0.4, 0.5) is 0 Å². The summed E-state index contributed by atoms with van der Waals surface area (Å²) in [5.41, 5.74) is 0. The molecule has 0 rings (SSSR count). The van der Waals surface area contributed by atoms with Crippen molar-refractivity contribution in [3.8, 4) is 0 Å². The van der Waals surface area contributed by atoms with Crippen molar-refractivity contribution < 1.29 is 4.79 Å². The molecule has 9 heavy (non-hydrogen) atoms. The quantitative estimate of drug-likeness (QED) is 0.404. The number of carbonyl (C=O) groups is 1. The predicted molar refractivity (Wildman–Crippen MR) is 39.2 cm³/mol. The highest BCUT2D eigenvalue weighted by molar-refractivity contribution is 5.50. The highest BCUT2D eigenvalue weighted by Gasteiger charge is 1.97. The molecule has 0 aromatic carbocycles. The summed E-state index contributed by atoms with van der Waals surface area (Å²) in [5.74, 6) is 0.292. The average Bonchev–Trinajstić information content (AvgIpc) is 1.88. The van der Waals surface area contributed by atoms with Crippen LogP contribution in [0.1, 0.15) is 12.8 Å². The van der Waals surface area contributed by atoms with E-state index in [4.69, 9.17) is 0 Å². The van der Waals surface area contributed by atoms with Crippen LogP contribution in [0.3, 0.4) is 0 Å². The van der Waals surface area contributed by atoms with Gasteiger partial charge in [-0.3, -0.25) is 0 Å². The molecule has 0 spiro atoms. The van der Waals surface area contributed by atoms with E-state index in [1.165, 1.54) is 0 Å². The molecule has 0 aliphatic rings. The van der Waals surface area contributed by atoms with Gasteiger partial charge in [-0.05, 0) is 12.3 Å². The molecule has 0 heterocycles. The SMILES string of the molecule is C=CCC(C=C)CC=O. The van der Waals surface area contributed by atoms with Gasteiger partial charge in [0, 0.05) is 6.42 Å². The molecule has 0 aromatic heterocycles. The van der Waals surface area contributed by atoms with Gasteiger partial charge in [-0.2, -0.15) is 0 Å². The molecular weight excluding hydrogens is 112 g/mol. The Hall–Kier alpha value is -0.850. The van der Waals surface area contributed by atoms with E-state index in [9.17, 15) is 4.79 Å². The Morgan fingerprint density at radius 2 is 2.00 bits per heavy atom. The van der Waals surface area contributed by atoms with E-state index >= 15 is 0 Å². The first kappa shape index (κ1) is 8.15. The second kappa shape index (κ2) is 5.29. The summed E-state index contributed by atoms with van der Waals surface area (Å²) in [5, 5.41) is 0. The maximum Gasteiger partial charge on any atom is 0.120 e. The Labute approximate surface area is 56.1 Å². The first-order valence-electron chi connectivity index (χ1n) is 3.02. The number of aldehydes is 1. The second-order valence-corrected chi connectivity index (χ2v) is 1.92. The third-order valence-corrected chi connectivity index (χ3v) is 1.20. The molecule has 0 aliphatic carbocycles. The van der Waals surface area contributed by atoms with Gasteiger partial charge in [-0.25, -0.2) is 0 Å². The first-order valence-corrected chi connectivity index (χ1v) is 3.02. The van der Waals surface area contributed by atoms with Crippen LogP contribution in [0.25, 0.3) is 0 Å². The molecule has 0 amide bonds. The number of hydrogen-bond acceptors (Lipinski definition) is 1. The molecule has 0 bridgehead atoms. The van der Waals surface area contributed by atoms with Gasteiger partial charge < -0.3 is 4.79 Å². The van der Waals surface area contributed by atoms with Gasteiger partial charge in [-0.1, -0.05) is 12.2 Å². The summed E-state index contributed by atoms with van der Waals surface area (Å²) in [7, 11) is 0. The summed E-state index contributed by atoms with van der Waals surface area (Å²) in [6.45, 7) is 7.16. The van der Waals surface area contributed by atoms with E-state index in [0.717, 1.165) is 12.7 Å². The second-order valence-electron chi connectivity index (χ2n) is 1.92. The molecule has 0 radical (unpaired) electrons. The van der Waals surface area contributed by atoms with E-state index in [0.29, 0.717) is 12.3 Å². The van der Waals surface area contributed by atoms with E-state index in [-0.39, 0.29) is 0 Å². The lowest BCUT2D eigenvalue weighted by Crippen LogP contribution is -1.93. The predicted octanol–water partition coefficient (Wildman–Crippen LogP) is 1.95. The minimum Gasteiger partial charge on any atom is -0.303 e. The molecule has 0 fully saturated rings. The lowest BCUT2D eigenvalue weighted by Gasteiger charge is -2.01. The monoisotopic (exact) mass is 124 g/mol. The Morgan fingerprint density at radius 1 is 1.33 bits per heavy atom. The van der Waals surface area contributed by atoms with E-state index in [1.54, 1.807) is 12.2 Å². The Kier molecular flexibility index (Phi) is 4.79. The van der Waals surface area contributed by atoms with Crippen molar-refractivity contribution in [1.82, 2.24) is 0 Å². The molecule has 50 valence electrons. The van der Waals surface area contributed by atoms with Crippen LogP contribution in [-0.2, 0) is 4.79 Å². The van der Waals surface area contributed by atoms with E-state index < -0.39 is 0 Å². The van der Waals surface area contributed by atoms with Crippen LogP contribution >= 0.6 is 0 Å². The normalized spacial score (nSPS) is 12.0. The number of allylic oxidation sites excluding steroid dienone is 2. The Morgan fingerprint density at radius 3 is 2.33 bits per heavy atom. The summed E-state index contributed by atoms with van der Waals surface area (Å²) >= 11 is 0. The zero-order valence-electron chi connectivity index (χ0n) is 5.55. The summed E-state index contributed by atoms with van der Waals surface area (Å²) in [4.78, 5) is 9.97. The van der Waals surface area contributed by atoms with Gasteiger partial charge in [0.1, 0.15) is 6.29 Å². The van der Waals surface area contributed by atoms with Crippen molar-refractivity contribution in [2.75, 3.05) is 0 Å². The summed E-state index contributed by atoms with van der Waals surface area (Å²) in [6, 6.07) is 0. The fourth-order valence-electron chi connectivity index (χ4n) is 0.626. The van der Waals surface area contributed by atoms with Crippen molar-refractivity contribution >= 4 is 6.29 Å². The van der Waals surface area contributed by atoms with Crippen molar-refractivity contribution in [3.05, 3.63) is 25.3 Å². The Bertz CT molecular complexity index is 95.1. The summed E-state index contributed by atoms with van der Waals surface area (Å²) in [6.07, 6.45) is 5.92. The van der Waals surface area contributed by atoms with Crippen molar-refractivity contribution in [1.29, 1.82) is 0 Å². The smallest absolute Gasteiger partial charge is 0.120 e. The number of rotatable bonds is 5. The fourth-order valence-corrected chi connectivity index (χ4v) is 0.626. The molecule has 1 unspecified atom stereocenters. The maximum absolute atomic E-state index is 9.97. The molecule has 0 N–H and O–H groups in total. The molecule has 0 saturated heterocycles. The van der Waals surface area contributed by atoms with Crippen LogP contribution < -0.4 is 0 Å². The van der Waals surface area contributed by atoms with Gasteiger partial charge in [0.25, 0.3) is 0 Å². The Balaban J connectivity index is 3.51. The maximum atomic E-state index is 9.97. The molecule has 1 heteroatoms. The molecule has 0 saturated carbocycles. The van der Waals surface area contributed by atoms with Gasteiger partial charge in [0.2, 0.25) is 0 Å². The zero-order valence-corrected chi connectivity index (χ0v) is 5.55. The van der Waals surface area contributed by atoms with Crippen LogP contribution in [0.5, 0.6) is 0 Å². The van der Waals surface area contributed by atoms with Gasteiger partial charge in [-0.15, -0.1) is 13.2 Å². The minimum atomic E-state index is 0.292. The van der Waals surface area contributed by atoms with Crippen LogP contribution in [0.2, 0.25) is 0 Å². The largest absolute Gasteiger partial charge is 0.303 e. The van der Waals surface area contributed by atoms with E-state index in [2.05, 4.69) is 13.2 Å². The first-order chi connectivity index (χ1) is 4.35. The van der Waals surface area contributed by atoms with Crippen LogP contribution in [-0.4, -0.2) is 6.29 Å². The summed E-state index contributed by atoms with van der Waals surface area (Å²) < 4.78 is 0. The molecule has 1 nitrogen and oxygen atoms in total. The topological polar surface area (TPSA) is 17.1 Å². The molecular formula is C8H12O. The zero-order chi connectivity index (χ0) is 7.11. The van der Waals surface area contributed by atoms with Crippen molar-refractivity contribution in [2.24, 2.45) is 5.92 Å². The lowest BCUT2D eigenvalue weighted by atomic mass is 10.0. The molecule has 1 atom stereocenters. The van der Waals surface area contributed by atoms with Crippen molar-refractivity contribution in [3.63, 3.8) is 0 Å².